The fourth-order valence-electron chi connectivity index (χ4n) is 3.10. The van der Waals surface area contributed by atoms with Crippen LogP contribution >= 0.6 is 11.6 Å². The third-order valence-corrected chi connectivity index (χ3v) is 4.79. The fourth-order valence-corrected chi connectivity index (χ4v) is 3.35. The summed E-state index contributed by atoms with van der Waals surface area (Å²) in [6.07, 6.45) is 1.69. The van der Waals surface area contributed by atoms with E-state index in [1.807, 2.05) is 37.1 Å². The Kier molecular flexibility index (Phi) is 3.90. The molecule has 0 saturated carbocycles. The lowest BCUT2D eigenvalue weighted by Gasteiger charge is -2.32. The highest BCUT2D eigenvalue weighted by molar-refractivity contribution is 6.31. The van der Waals surface area contributed by atoms with Crippen molar-refractivity contribution >= 4 is 23.3 Å². The molecule has 3 rings (SSSR count). The Bertz CT molecular complexity index is 826. The molecule has 0 aliphatic carbocycles. The Morgan fingerprint density at radius 1 is 1.13 bits per heavy atom. The Hall–Kier alpha value is -2.26. The normalized spacial score (nSPS) is 16.8. The van der Waals surface area contributed by atoms with Crippen molar-refractivity contribution in [3.8, 4) is 0 Å². The fraction of sp³-hybridized carbons (Fsp3) is 0.211. The van der Waals surface area contributed by atoms with Crippen molar-refractivity contribution in [3.63, 3.8) is 0 Å². The van der Waals surface area contributed by atoms with E-state index in [-0.39, 0.29) is 5.92 Å². The predicted molar refractivity (Wildman–Crippen MR) is 93.3 cm³/mol. The van der Waals surface area contributed by atoms with Gasteiger partial charge in [0.25, 0.3) is 0 Å². The van der Waals surface area contributed by atoms with Crippen molar-refractivity contribution in [2.45, 2.75) is 19.8 Å². The summed E-state index contributed by atoms with van der Waals surface area (Å²) >= 11 is 6.37. The van der Waals surface area contributed by atoms with Crippen LogP contribution in [0.15, 0.2) is 48.2 Å². The second-order valence-corrected chi connectivity index (χ2v) is 6.36. The molecule has 0 spiro atoms. The van der Waals surface area contributed by atoms with Crippen molar-refractivity contribution in [1.82, 2.24) is 0 Å². The van der Waals surface area contributed by atoms with E-state index in [1.54, 1.807) is 12.3 Å². The molecule has 4 heteroatoms. The van der Waals surface area contributed by atoms with Gasteiger partial charge in [0.2, 0.25) is 0 Å². The molecule has 0 bridgehead atoms. The number of rotatable bonds is 2. The number of aryl methyl sites for hydroxylation is 2. The van der Waals surface area contributed by atoms with E-state index in [2.05, 4.69) is 19.1 Å². The van der Waals surface area contributed by atoms with Gasteiger partial charge in [-0.05, 0) is 48.2 Å². The van der Waals surface area contributed by atoms with Crippen LogP contribution < -0.4 is 4.90 Å². The number of carboxylic acids is 1. The molecule has 23 heavy (non-hydrogen) atoms. The Morgan fingerprint density at radius 3 is 2.43 bits per heavy atom. The molecular formula is C19H18ClNO2. The van der Waals surface area contributed by atoms with Gasteiger partial charge in [0.15, 0.2) is 0 Å². The van der Waals surface area contributed by atoms with E-state index < -0.39 is 5.97 Å². The molecule has 1 heterocycles. The first-order chi connectivity index (χ1) is 10.9. The number of aliphatic carboxylic acids is 1. The largest absolute Gasteiger partial charge is 0.478 e. The molecular weight excluding hydrogens is 310 g/mol. The molecule has 1 aliphatic heterocycles. The summed E-state index contributed by atoms with van der Waals surface area (Å²) in [5.74, 6) is -1.29. The van der Waals surface area contributed by atoms with Crippen molar-refractivity contribution in [3.05, 3.63) is 75.4 Å². The lowest BCUT2D eigenvalue weighted by atomic mass is 9.81. The molecule has 1 unspecified atom stereocenters. The number of benzene rings is 2. The Morgan fingerprint density at radius 2 is 1.78 bits per heavy atom. The second kappa shape index (κ2) is 5.74. The van der Waals surface area contributed by atoms with Crippen LogP contribution in [-0.4, -0.2) is 18.1 Å². The standard InChI is InChI=1S/C19H18ClNO2/c1-11-8-14-17(9-12(11)2)21(3)10-15(19(22)23)18(14)13-6-4-5-7-16(13)20/h4-10,18H,1-3H3,(H,22,23). The zero-order valence-corrected chi connectivity index (χ0v) is 14.1. The molecule has 0 amide bonds. The van der Waals surface area contributed by atoms with Gasteiger partial charge in [-0.15, -0.1) is 0 Å². The van der Waals surface area contributed by atoms with Gasteiger partial charge in [-0.3, -0.25) is 0 Å². The molecule has 0 saturated heterocycles. The maximum Gasteiger partial charge on any atom is 0.334 e. The number of hydrogen-bond acceptors (Lipinski definition) is 2. The van der Waals surface area contributed by atoms with E-state index in [9.17, 15) is 9.90 Å². The summed E-state index contributed by atoms with van der Waals surface area (Å²) in [5.41, 5.74) is 5.46. The predicted octanol–water partition coefficient (Wildman–Crippen LogP) is 4.51. The molecule has 1 atom stereocenters. The first-order valence-electron chi connectivity index (χ1n) is 7.43. The van der Waals surface area contributed by atoms with E-state index in [1.165, 1.54) is 5.56 Å². The molecule has 1 N–H and O–H groups in total. The SMILES string of the molecule is Cc1cc2c(cc1C)N(C)C=C(C(=O)O)C2c1ccccc1Cl. The average molecular weight is 328 g/mol. The highest BCUT2D eigenvalue weighted by atomic mass is 35.5. The summed E-state index contributed by atoms with van der Waals surface area (Å²) in [7, 11) is 1.87. The highest BCUT2D eigenvalue weighted by Crippen LogP contribution is 2.44. The maximum atomic E-state index is 11.8. The quantitative estimate of drug-likeness (QED) is 0.882. The van der Waals surface area contributed by atoms with E-state index in [0.29, 0.717) is 10.6 Å². The van der Waals surface area contributed by atoms with Crippen molar-refractivity contribution < 1.29 is 9.90 Å². The van der Waals surface area contributed by atoms with Gasteiger partial charge < -0.3 is 10.0 Å². The topological polar surface area (TPSA) is 40.5 Å². The highest BCUT2D eigenvalue weighted by Gasteiger charge is 2.32. The number of carbonyl (C=O) groups is 1. The van der Waals surface area contributed by atoms with Gasteiger partial charge in [0.05, 0.1) is 5.57 Å². The molecule has 2 aromatic rings. The van der Waals surface area contributed by atoms with Crippen LogP contribution in [-0.2, 0) is 4.79 Å². The van der Waals surface area contributed by atoms with Crippen LogP contribution in [0, 0.1) is 13.8 Å². The lowest BCUT2D eigenvalue weighted by Crippen LogP contribution is -2.25. The monoisotopic (exact) mass is 327 g/mol. The Labute approximate surface area is 140 Å². The average Bonchev–Trinajstić information content (AvgIpc) is 2.50. The van der Waals surface area contributed by atoms with Crippen LogP contribution in [0.2, 0.25) is 5.02 Å². The summed E-state index contributed by atoms with van der Waals surface area (Å²) in [5, 5.41) is 10.3. The smallest absolute Gasteiger partial charge is 0.334 e. The Balaban J connectivity index is 2.30. The third-order valence-electron chi connectivity index (χ3n) is 4.44. The summed E-state index contributed by atoms with van der Waals surface area (Å²) in [4.78, 5) is 13.7. The lowest BCUT2D eigenvalue weighted by molar-refractivity contribution is -0.132. The number of anilines is 1. The van der Waals surface area contributed by atoms with Crippen LogP contribution in [0.25, 0.3) is 0 Å². The zero-order valence-electron chi connectivity index (χ0n) is 13.3. The molecule has 118 valence electrons. The van der Waals surface area contributed by atoms with Crippen molar-refractivity contribution in [2.24, 2.45) is 0 Å². The maximum absolute atomic E-state index is 11.8. The molecule has 0 radical (unpaired) electrons. The van der Waals surface area contributed by atoms with Crippen LogP contribution in [0.3, 0.4) is 0 Å². The van der Waals surface area contributed by atoms with Gasteiger partial charge in [0.1, 0.15) is 0 Å². The van der Waals surface area contributed by atoms with Gasteiger partial charge in [0, 0.05) is 29.9 Å². The van der Waals surface area contributed by atoms with Crippen LogP contribution in [0.5, 0.6) is 0 Å². The minimum absolute atomic E-state index is 0.330. The minimum atomic E-state index is -0.925. The van der Waals surface area contributed by atoms with E-state index in [0.717, 1.165) is 22.4 Å². The zero-order chi connectivity index (χ0) is 16.7. The van der Waals surface area contributed by atoms with Crippen molar-refractivity contribution in [1.29, 1.82) is 0 Å². The van der Waals surface area contributed by atoms with Crippen LogP contribution in [0.1, 0.15) is 28.2 Å². The number of fused-ring (bicyclic) bond motifs is 1. The van der Waals surface area contributed by atoms with Gasteiger partial charge >= 0.3 is 5.97 Å². The molecule has 0 aromatic heterocycles. The first kappa shape index (κ1) is 15.6. The van der Waals surface area contributed by atoms with Crippen LogP contribution in [0.4, 0.5) is 5.69 Å². The number of halogens is 1. The third kappa shape index (κ3) is 2.62. The molecule has 3 nitrogen and oxygen atoms in total. The van der Waals surface area contributed by atoms with Crippen molar-refractivity contribution in [2.75, 3.05) is 11.9 Å². The van der Waals surface area contributed by atoms with Gasteiger partial charge in [-0.2, -0.15) is 0 Å². The second-order valence-electron chi connectivity index (χ2n) is 5.95. The van der Waals surface area contributed by atoms with Gasteiger partial charge in [-0.1, -0.05) is 35.9 Å². The number of hydrogen-bond donors (Lipinski definition) is 1. The van der Waals surface area contributed by atoms with E-state index >= 15 is 0 Å². The minimum Gasteiger partial charge on any atom is -0.478 e. The van der Waals surface area contributed by atoms with Gasteiger partial charge in [-0.25, -0.2) is 4.79 Å². The number of nitrogens with zero attached hydrogens (tertiary/aromatic N) is 1. The summed E-state index contributed by atoms with van der Waals surface area (Å²) in [6, 6.07) is 11.6. The van der Waals surface area contributed by atoms with E-state index in [4.69, 9.17) is 11.6 Å². The first-order valence-corrected chi connectivity index (χ1v) is 7.81. The summed E-state index contributed by atoms with van der Waals surface area (Å²) < 4.78 is 0. The summed E-state index contributed by atoms with van der Waals surface area (Å²) in [6.45, 7) is 4.10. The number of carboxylic acid groups (broad SMARTS) is 1. The molecule has 2 aromatic carbocycles. The molecule has 0 fully saturated rings. The molecule has 1 aliphatic rings.